The van der Waals surface area contributed by atoms with E-state index in [1.807, 2.05) is 18.4 Å². The average Bonchev–Trinajstić information content (AvgIpc) is 2.56. The molecule has 1 aromatic rings. The Kier molecular flexibility index (Phi) is 4.02. The van der Waals surface area contributed by atoms with E-state index in [2.05, 4.69) is 15.5 Å². The lowest BCUT2D eigenvalue weighted by Crippen LogP contribution is -2.20. The molecule has 1 aromatic heterocycles. The maximum Gasteiger partial charge on any atom is 0.221 e. The molecule has 0 aliphatic carbocycles. The number of nitrogens with zero attached hydrogens (tertiary/aromatic N) is 2. The second kappa shape index (κ2) is 5.06. The number of rotatable bonds is 4. The van der Waals surface area contributed by atoms with Gasteiger partial charge in [0.1, 0.15) is 5.82 Å². The fraction of sp³-hybridized carbons (Fsp3) is 0.667. The minimum Gasteiger partial charge on any atom is -0.359 e. The molecule has 15 heavy (non-hydrogen) atoms. The first-order valence-corrected chi connectivity index (χ1v) is 5.32. The van der Waals surface area contributed by atoms with Gasteiger partial charge in [-0.1, -0.05) is 13.8 Å². The SMILES string of the molecule is CNC(=O)CCn1c(C(C)C)n[nH]c1=S. The van der Waals surface area contributed by atoms with E-state index in [1.165, 1.54) is 0 Å². The van der Waals surface area contributed by atoms with Crippen LogP contribution in [-0.4, -0.2) is 27.7 Å². The van der Waals surface area contributed by atoms with Crippen molar-refractivity contribution in [1.29, 1.82) is 0 Å². The number of carbonyl (C=O) groups excluding carboxylic acids is 1. The lowest BCUT2D eigenvalue weighted by Gasteiger charge is -2.08. The van der Waals surface area contributed by atoms with Crippen molar-refractivity contribution >= 4 is 18.1 Å². The zero-order chi connectivity index (χ0) is 11.4. The van der Waals surface area contributed by atoms with Crippen LogP contribution in [0.15, 0.2) is 0 Å². The largest absolute Gasteiger partial charge is 0.359 e. The Morgan fingerprint density at radius 1 is 1.67 bits per heavy atom. The van der Waals surface area contributed by atoms with Crippen LogP contribution in [0.1, 0.15) is 32.0 Å². The summed E-state index contributed by atoms with van der Waals surface area (Å²) in [5.74, 6) is 1.19. The minimum atomic E-state index is 0.00723. The highest BCUT2D eigenvalue weighted by Gasteiger charge is 2.10. The highest BCUT2D eigenvalue weighted by atomic mass is 32.1. The molecule has 0 bridgehead atoms. The average molecular weight is 228 g/mol. The molecule has 0 unspecified atom stereocenters. The van der Waals surface area contributed by atoms with Crippen LogP contribution in [-0.2, 0) is 11.3 Å². The molecule has 1 rings (SSSR count). The van der Waals surface area contributed by atoms with Gasteiger partial charge < -0.3 is 9.88 Å². The molecule has 0 spiro atoms. The monoisotopic (exact) mass is 228 g/mol. The van der Waals surface area contributed by atoms with E-state index >= 15 is 0 Å². The molecular weight excluding hydrogens is 212 g/mol. The molecule has 0 aliphatic heterocycles. The Morgan fingerprint density at radius 2 is 2.33 bits per heavy atom. The summed E-state index contributed by atoms with van der Waals surface area (Å²) in [4.78, 5) is 11.1. The summed E-state index contributed by atoms with van der Waals surface area (Å²) in [5, 5.41) is 9.46. The number of aromatic nitrogens is 3. The van der Waals surface area contributed by atoms with E-state index < -0.39 is 0 Å². The van der Waals surface area contributed by atoms with Gasteiger partial charge in [0.25, 0.3) is 0 Å². The topological polar surface area (TPSA) is 62.7 Å². The predicted molar refractivity (Wildman–Crippen MR) is 60.2 cm³/mol. The molecular formula is C9H16N4OS. The molecule has 0 atom stereocenters. The van der Waals surface area contributed by atoms with Crippen molar-refractivity contribution in [1.82, 2.24) is 20.1 Å². The summed E-state index contributed by atoms with van der Waals surface area (Å²) in [6.45, 7) is 4.66. The molecule has 0 saturated carbocycles. The molecule has 84 valence electrons. The molecule has 2 N–H and O–H groups in total. The standard InChI is InChI=1S/C9H16N4OS/c1-6(2)8-11-12-9(15)13(8)5-4-7(14)10-3/h6H,4-5H2,1-3H3,(H,10,14)(H,12,15). The molecule has 0 radical (unpaired) electrons. The van der Waals surface area contributed by atoms with E-state index in [-0.39, 0.29) is 5.91 Å². The Balaban J connectivity index is 2.79. The van der Waals surface area contributed by atoms with Gasteiger partial charge in [-0.25, -0.2) is 0 Å². The Bertz CT molecular complexity index is 393. The van der Waals surface area contributed by atoms with Crippen molar-refractivity contribution in [3.8, 4) is 0 Å². The van der Waals surface area contributed by atoms with Crippen molar-refractivity contribution in [3.05, 3.63) is 10.6 Å². The van der Waals surface area contributed by atoms with E-state index in [1.54, 1.807) is 7.05 Å². The normalized spacial score (nSPS) is 10.7. The van der Waals surface area contributed by atoms with Gasteiger partial charge in [-0.2, -0.15) is 5.10 Å². The molecule has 0 aromatic carbocycles. The van der Waals surface area contributed by atoms with Crippen LogP contribution in [0.3, 0.4) is 0 Å². The van der Waals surface area contributed by atoms with Crippen molar-refractivity contribution in [2.75, 3.05) is 7.05 Å². The van der Waals surface area contributed by atoms with E-state index in [4.69, 9.17) is 12.2 Å². The van der Waals surface area contributed by atoms with E-state index in [9.17, 15) is 4.79 Å². The van der Waals surface area contributed by atoms with Gasteiger partial charge in [0, 0.05) is 25.9 Å². The first-order chi connectivity index (χ1) is 7.06. The Hall–Kier alpha value is -1.17. The van der Waals surface area contributed by atoms with Crippen molar-refractivity contribution in [2.45, 2.75) is 32.7 Å². The molecule has 0 aliphatic rings. The van der Waals surface area contributed by atoms with Gasteiger partial charge >= 0.3 is 0 Å². The minimum absolute atomic E-state index is 0.00723. The van der Waals surface area contributed by atoms with Gasteiger partial charge in [-0.05, 0) is 12.2 Å². The number of aromatic amines is 1. The molecule has 1 heterocycles. The summed E-state index contributed by atoms with van der Waals surface area (Å²) in [6, 6.07) is 0. The van der Waals surface area contributed by atoms with E-state index in [0.717, 1.165) is 5.82 Å². The van der Waals surface area contributed by atoms with E-state index in [0.29, 0.717) is 23.7 Å². The second-order valence-corrected chi connectivity index (χ2v) is 4.00. The summed E-state index contributed by atoms with van der Waals surface area (Å²) in [7, 11) is 1.63. The summed E-state index contributed by atoms with van der Waals surface area (Å²) in [6.07, 6.45) is 0.421. The third-order valence-corrected chi connectivity index (χ3v) is 2.46. The van der Waals surface area contributed by atoms with Gasteiger partial charge in [0.05, 0.1) is 0 Å². The highest BCUT2D eigenvalue weighted by Crippen LogP contribution is 2.11. The second-order valence-electron chi connectivity index (χ2n) is 3.62. The first-order valence-electron chi connectivity index (χ1n) is 4.92. The lowest BCUT2D eigenvalue weighted by atomic mass is 10.2. The van der Waals surface area contributed by atoms with Gasteiger partial charge in [0.2, 0.25) is 5.91 Å². The number of H-pyrrole nitrogens is 1. The fourth-order valence-corrected chi connectivity index (χ4v) is 1.56. The number of carbonyl (C=O) groups is 1. The van der Waals surface area contributed by atoms with Crippen LogP contribution in [0, 0.1) is 4.77 Å². The zero-order valence-electron chi connectivity index (χ0n) is 9.20. The molecule has 1 amide bonds. The number of hydrogen-bond donors (Lipinski definition) is 2. The zero-order valence-corrected chi connectivity index (χ0v) is 10.0. The van der Waals surface area contributed by atoms with Gasteiger partial charge in [-0.15, -0.1) is 0 Å². The smallest absolute Gasteiger partial charge is 0.221 e. The highest BCUT2D eigenvalue weighted by molar-refractivity contribution is 7.71. The Morgan fingerprint density at radius 3 is 2.87 bits per heavy atom. The molecule has 5 nitrogen and oxygen atoms in total. The number of hydrogen-bond acceptors (Lipinski definition) is 3. The number of nitrogens with one attached hydrogen (secondary N) is 2. The van der Waals surface area contributed by atoms with Crippen LogP contribution in [0.2, 0.25) is 0 Å². The van der Waals surface area contributed by atoms with Crippen LogP contribution in [0.4, 0.5) is 0 Å². The lowest BCUT2D eigenvalue weighted by molar-refractivity contribution is -0.120. The fourth-order valence-electron chi connectivity index (χ4n) is 1.33. The number of amides is 1. The van der Waals surface area contributed by atoms with Crippen molar-refractivity contribution in [2.24, 2.45) is 0 Å². The molecule has 0 saturated heterocycles. The van der Waals surface area contributed by atoms with Crippen molar-refractivity contribution < 1.29 is 4.79 Å². The maximum absolute atomic E-state index is 11.1. The molecule has 0 fully saturated rings. The third-order valence-electron chi connectivity index (χ3n) is 2.15. The third kappa shape index (κ3) is 2.89. The maximum atomic E-state index is 11.1. The summed E-state index contributed by atoms with van der Waals surface area (Å²) in [5.41, 5.74) is 0. The Labute approximate surface area is 93.9 Å². The van der Waals surface area contributed by atoms with Gasteiger partial charge in [-0.3, -0.25) is 9.89 Å². The summed E-state index contributed by atoms with van der Waals surface area (Å²) >= 11 is 5.09. The van der Waals surface area contributed by atoms with Crippen LogP contribution >= 0.6 is 12.2 Å². The predicted octanol–water partition coefficient (Wildman–Crippen LogP) is 1.20. The first kappa shape index (κ1) is 11.9. The van der Waals surface area contributed by atoms with Crippen LogP contribution < -0.4 is 5.32 Å². The quantitative estimate of drug-likeness (QED) is 0.761. The van der Waals surface area contributed by atoms with Crippen LogP contribution in [0.5, 0.6) is 0 Å². The van der Waals surface area contributed by atoms with Gasteiger partial charge in [0.15, 0.2) is 4.77 Å². The summed E-state index contributed by atoms with van der Waals surface area (Å²) < 4.78 is 2.44. The molecule has 6 heteroatoms. The van der Waals surface area contributed by atoms with Crippen molar-refractivity contribution in [3.63, 3.8) is 0 Å². The van der Waals surface area contributed by atoms with Crippen LogP contribution in [0.25, 0.3) is 0 Å².